The Balaban J connectivity index is 2.52. The van der Waals surface area contributed by atoms with Gasteiger partial charge < -0.3 is 10.2 Å². The van der Waals surface area contributed by atoms with Crippen molar-refractivity contribution in [2.45, 2.75) is 70.6 Å². The molecule has 0 amide bonds. The predicted molar refractivity (Wildman–Crippen MR) is 67.3 cm³/mol. The Labute approximate surface area is 94.9 Å². The van der Waals surface area contributed by atoms with Gasteiger partial charge in [-0.25, -0.2) is 0 Å². The minimum atomic E-state index is -1.36. The number of hydrogen-bond donors (Lipinski definition) is 2. The van der Waals surface area contributed by atoms with Crippen LogP contribution >= 0.6 is 0 Å². The largest absolute Gasteiger partial charge is 0.413 e. The van der Waals surface area contributed by atoms with Gasteiger partial charge in [-0.05, 0) is 38.9 Å². The summed E-state index contributed by atoms with van der Waals surface area (Å²) in [5.74, 6) is 0. The quantitative estimate of drug-likeness (QED) is 0.574. The van der Waals surface area contributed by atoms with Crippen LogP contribution in [0.15, 0.2) is 0 Å². The molecule has 0 aromatic rings. The topological polar surface area (TPSA) is 47.3 Å². The van der Waals surface area contributed by atoms with Gasteiger partial charge in [-0.2, -0.15) is 0 Å². The number of nitrogens with one attached hydrogen (secondary N) is 1. The van der Waals surface area contributed by atoms with Gasteiger partial charge in [0.15, 0.2) is 8.32 Å². The fourth-order valence-corrected chi connectivity index (χ4v) is 4.64. The smallest absolute Gasteiger partial charge is 0.187 e. The standard InChI is InChI=1S/C11H26N2OSi/c1-5-10(13-9(2)12)11-7-6-8-15(3,4)14-11/h9-11,13H,5-8,12H2,1-4H3. The zero-order valence-corrected chi connectivity index (χ0v) is 11.5. The molecule has 3 N–H and O–H groups in total. The minimum absolute atomic E-state index is 0.0604. The highest BCUT2D eigenvalue weighted by atomic mass is 28.4. The third-order valence-electron chi connectivity index (χ3n) is 3.10. The molecule has 90 valence electrons. The van der Waals surface area contributed by atoms with E-state index in [0.717, 1.165) is 6.42 Å². The maximum atomic E-state index is 6.25. The summed E-state index contributed by atoms with van der Waals surface area (Å²) in [7, 11) is -1.36. The van der Waals surface area contributed by atoms with Crippen LogP contribution in [-0.2, 0) is 4.43 Å². The molecule has 0 spiro atoms. The summed E-state index contributed by atoms with van der Waals surface area (Å²) in [5, 5.41) is 3.41. The maximum Gasteiger partial charge on any atom is 0.187 e. The molecule has 1 aliphatic rings. The molecule has 0 bridgehead atoms. The van der Waals surface area contributed by atoms with Crippen LogP contribution in [0.2, 0.25) is 19.1 Å². The Morgan fingerprint density at radius 3 is 2.67 bits per heavy atom. The molecule has 0 aliphatic carbocycles. The maximum absolute atomic E-state index is 6.25. The van der Waals surface area contributed by atoms with Crippen LogP contribution in [0.1, 0.15) is 33.1 Å². The average molecular weight is 230 g/mol. The molecular formula is C11H26N2OSi. The van der Waals surface area contributed by atoms with Crippen molar-refractivity contribution >= 4 is 8.32 Å². The first-order valence-electron chi connectivity index (χ1n) is 6.14. The minimum Gasteiger partial charge on any atom is -0.413 e. The van der Waals surface area contributed by atoms with Gasteiger partial charge in [0, 0.05) is 6.04 Å². The zero-order valence-electron chi connectivity index (χ0n) is 10.5. The lowest BCUT2D eigenvalue weighted by atomic mass is 10.0. The van der Waals surface area contributed by atoms with E-state index in [9.17, 15) is 0 Å². The molecule has 0 aromatic heterocycles. The molecule has 3 unspecified atom stereocenters. The molecule has 0 saturated carbocycles. The molecule has 0 radical (unpaired) electrons. The first kappa shape index (κ1) is 13.2. The van der Waals surface area contributed by atoms with Gasteiger partial charge in [0.1, 0.15) is 0 Å². The molecule has 1 rings (SSSR count). The van der Waals surface area contributed by atoms with Crippen molar-refractivity contribution in [3.8, 4) is 0 Å². The highest BCUT2D eigenvalue weighted by Gasteiger charge is 2.34. The Bertz CT molecular complexity index is 197. The van der Waals surface area contributed by atoms with Gasteiger partial charge in [0.25, 0.3) is 0 Å². The summed E-state index contributed by atoms with van der Waals surface area (Å²) < 4.78 is 6.25. The summed E-state index contributed by atoms with van der Waals surface area (Å²) in [4.78, 5) is 0. The summed E-state index contributed by atoms with van der Waals surface area (Å²) in [6.07, 6.45) is 4.05. The lowest BCUT2D eigenvalue weighted by Crippen LogP contribution is -2.53. The Morgan fingerprint density at radius 1 is 1.53 bits per heavy atom. The molecule has 1 heterocycles. The van der Waals surface area contributed by atoms with Gasteiger partial charge in [-0.3, -0.25) is 5.32 Å². The molecular weight excluding hydrogens is 204 g/mol. The van der Waals surface area contributed by atoms with Crippen LogP contribution < -0.4 is 11.1 Å². The van der Waals surface area contributed by atoms with E-state index in [0.29, 0.717) is 12.1 Å². The van der Waals surface area contributed by atoms with Gasteiger partial charge in [-0.15, -0.1) is 0 Å². The molecule has 1 aliphatic heterocycles. The second-order valence-corrected chi connectivity index (χ2v) is 9.53. The summed E-state index contributed by atoms with van der Waals surface area (Å²) in [5.41, 5.74) is 5.79. The van der Waals surface area contributed by atoms with Crippen LogP contribution in [0.25, 0.3) is 0 Å². The molecule has 1 saturated heterocycles. The van der Waals surface area contributed by atoms with Crippen molar-refractivity contribution in [3.05, 3.63) is 0 Å². The average Bonchev–Trinajstić information content (AvgIpc) is 2.12. The third kappa shape index (κ3) is 4.22. The van der Waals surface area contributed by atoms with Crippen molar-refractivity contribution in [2.24, 2.45) is 5.73 Å². The van der Waals surface area contributed by atoms with Gasteiger partial charge >= 0.3 is 0 Å². The van der Waals surface area contributed by atoms with Crippen LogP contribution in [0.3, 0.4) is 0 Å². The molecule has 0 aromatic carbocycles. The number of hydrogen-bond acceptors (Lipinski definition) is 3. The van der Waals surface area contributed by atoms with Crippen LogP contribution in [0.5, 0.6) is 0 Å². The summed E-state index contributed by atoms with van der Waals surface area (Å²) >= 11 is 0. The van der Waals surface area contributed by atoms with Crippen molar-refractivity contribution in [1.82, 2.24) is 5.32 Å². The SMILES string of the molecule is CCC(NC(C)N)C1CCC[Si](C)(C)O1. The highest BCUT2D eigenvalue weighted by molar-refractivity contribution is 6.71. The summed E-state index contributed by atoms with van der Waals surface area (Å²) in [6.45, 7) is 8.83. The first-order valence-corrected chi connectivity index (χ1v) is 9.25. The van der Waals surface area contributed by atoms with E-state index in [-0.39, 0.29) is 6.17 Å². The summed E-state index contributed by atoms with van der Waals surface area (Å²) in [6, 6.07) is 1.73. The fraction of sp³-hybridized carbons (Fsp3) is 1.00. The fourth-order valence-electron chi connectivity index (χ4n) is 2.37. The van der Waals surface area contributed by atoms with Crippen molar-refractivity contribution in [1.29, 1.82) is 0 Å². The normalized spacial score (nSPS) is 29.8. The first-order chi connectivity index (χ1) is 6.94. The van der Waals surface area contributed by atoms with E-state index in [1.54, 1.807) is 0 Å². The van der Waals surface area contributed by atoms with E-state index < -0.39 is 8.32 Å². The van der Waals surface area contributed by atoms with Crippen molar-refractivity contribution in [2.75, 3.05) is 0 Å². The van der Waals surface area contributed by atoms with Crippen LogP contribution in [-0.4, -0.2) is 26.6 Å². The number of nitrogens with two attached hydrogens (primary N) is 1. The molecule has 15 heavy (non-hydrogen) atoms. The molecule has 1 fully saturated rings. The molecule has 3 atom stereocenters. The lowest BCUT2D eigenvalue weighted by Gasteiger charge is -2.39. The molecule has 4 heteroatoms. The van der Waals surface area contributed by atoms with E-state index in [4.69, 9.17) is 10.2 Å². The predicted octanol–water partition coefficient (Wildman–Crippen LogP) is 2.04. The second kappa shape index (κ2) is 5.43. The van der Waals surface area contributed by atoms with Gasteiger partial charge in [-0.1, -0.05) is 13.3 Å². The van der Waals surface area contributed by atoms with Crippen LogP contribution in [0.4, 0.5) is 0 Å². The van der Waals surface area contributed by atoms with Crippen molar-refractivity contribution < 1.29 is 4.43 Å². The van der Waals surface area contributed by atoms with Gasteiger partial charge in [0.2, 0.25) is 0 Å². The van der Waals surface area contributed by atoms with E-state index in [2.05, 4.69) is 25.3 Å². The number of rotatable bonds is 4. The Hall–Kier alpha value is 0.0969. The van der Waals surface area contributed by atoms with Gasteiger partial charge in [0.05, 0.1) is 12.3 Å². The van der Waals surface area contributed by atoms with E-state index in [1.165, 1.54) is 18.9 Å². The van der Waals surface area contributed by atoms with E-state index >= 15 is 0 Å². The monoisotopic (exact) mass is 230 g/mol. The lowest BCUT2D eigenvalue weighted by molar-refractivity contribution is 0.110. The second-order valence-electron chi connectivity index (χ2n) is 5.28. The Morgan fingerprint density at radius 2 is 2.20 bits per heavy atom. The highest BCUT2D eigenvalue weighted by Crippen LogP contribution is 2.28. The van der Waals surface area contributed by atoms with E-state index in [1.807, 2.05) is 6.92 Å². The Kier molecular flexibility index (Phi) is 4.77. The zero-order chi connectivity index (χ0) is 11.5. The van der Waals surface area contributed by atoms with Crippen molar-refractivity contribution in [3.63, 3.8) is 0 Å². The van der Waals surface area contributed by atoms with Crippen LogP contribution in [0, 0.1) is 0 Å². The molecule has 3 nitrogen and oxygen atoms in total. The third-order valence-corrected chi connectivity index (χ3v) is 5.60.